The van der Waals surface area contributed by atoms with Gasteiger partial charge in [-0.05, 0) is 80.7 Å². The molecule has 0 saturated carbocycles. The molecule has 2 atom stereocenters. The van der Waals surface area contributed by atoms with E-state index in [1.165, 1.54) is 33.8 Å². The molecular formula is C27H34N4S. The summed E-state index contributed by atoms with van der Waals surface area (Å²) in [5.74, 6) is 0. The van der Waals surface area contributed by atoms with E-state index < -0.39 is 0 Å². The van der Waals surface area contributed by atoms with Crippen LogP contribution < -0.4 is 5.32 Å². The second-order valence-electron chi connectivity index (χ2n) is 8.77. The van der Waals surface area contributed by atoms with Crippen molar-refractivity contribution in [2.24, 2.45) is 0 Å². The Kier molecular flexibility index (Phi) is 6.66. The first-order valence-electron chi connectivity index (χ1n) is 11.7. The molecule has 5 heteroatoms. The van der Waals surface area contributed by atoms with Crippen LogP contribution in [0.2, 0.25) is 0 Å². The largest absolute Gasteiger partial charge is 0.352 e. The Bertz CT molecular complexity index is 1100. The molecule has 2 aromatic heterocycles. The summed E-state index contributed by atoms with van der Waals surface area (Å²) in [5.41, 5.74) is 8.91. The molecule has 168 valence electrons. The van der Waals surface area contributed by atoms with E-state index >= 15 is 0 Å². The van der Waals surface area contributed by atoms with Crippen LogP contribution in [-0.4, -0.2) is 26.1 Å². The normalized spacial score (nSPS) is 18.3. The molecule has 4 rings (SSSR count). The molecule has 4 nitrogen and oxygen atoms in total. The van der Waals surface area contributed by atoms with Crippen LogP contribution in [0.1, 0.15) is 72.5 Å². The molecule has 1 N–H and O–H groups in total. The Morgan fingerprint density at radius 2 is 1.88 bits per heavy atom. The molecule has 3 aromatic rings. The smallest absolute Gasteiger partial charge is 0.170 e. The summed E-state index contributed by atoms with van der Waals surface area (Å²) in [5, 5.41) is 4.42. The molecule has 0 bridgehead atoms. The predicted octanol–water partition coefficient (Wildman–Crippen LogP) is 6.13. The summed E-state index contributed by atoms with van der Waals surface area (Å²) >= 11 is 5.82. The average Bonchev–Trinajstić information content (AvgIpc) is 3.27. The number of unbranched alkanes of at least 4 members (excludes halogenated alkanes) is 1. The highest BCUT2D eigenvalue weighted by Gasteiger charge is 2.41. The molecule has 1 fully saturated rings. The number of aryl methyl sites for hydroxylation is 3. The molecule has 1 aliphatic heterocycles. The number of aromatic nitrogens is 2. The molecular weight excluding hydrogens is 412 g/mol. The standard InChI is InChI=1S/C27H34N4S/c1-6-8-16-30-26(24(29-27(30)32)23-14-9-10-15-28-23)22-17-19(4)31(20(22)5)25-18(3)12-11-13-21(25)7-2/h9-15,17,24,26H,6-8,16H2,1-5H3,(H,29,32)/t24-,26-/m1/s1. The number of hydrogen-bond acceptors (Lipinski definition) is 2. The number of para-hydroxylation sites is 1. The fourth-order valence-corrected chi connectivity index (χ4v) is 5.40. The van der Waals surface area contributed by atoms with Crippen molar-refractivity contribution in [3.8, 4) is 5.69 Å². The Balaban J connectivity index is 1.86. The maximum Gasteiger partial charge on any atom is 0.170 e. The van der Waals surface area contributed by atoms with Gasteiger partial charge in [-0.3, -0.25) is 4.98 Å². The van der Waals surface area contributed by atoms with E-state index in [0.717, 1.165) is 36.6 Å². The Hall–Kier alpha value is -2.66. The first-order valence-corrected chi connectivity index (χ1v) is 12.1. The summed E-state index contributed by atoms with van der Waals surface area (Å²) in [4.78, 5) is 7.07. The van der Waals surface area contributed by atoms with Crippen molar-refractivity contribution >= 4 is 17.3 Å². The van der Waals surface area contributed by atoms with E-state index in [0.29, 0.717) is 0 Å². The second-order valence-corrected chi connectivity index (χ2v) is 9.16. The molecule has 0 unspecified atom stereocenters. The van der Waals surface area contributed by atoms with Gasteiger partial charge in [0.1, 0.15) is 0 Å². The molecule has 1 saturated heterocycles. The second kappa shape index (κ2) is 9.45. The Morgan fingerprint density at radius 3 is 2.56 bits per heavy atom. The maximum absolute atomic E-state index is 5.82. The zero-order valence-electron chi connectivity index (χ0n) is 19.9. The van der Waals surface area contributed by atoms with Crippen LogP contribution in [0.4, 0.5) is 0 Å². The third-order valence-electron chi connectivity index (χ3n) is 6.67. The van der Waals surface area contributed by atoms with E-state index in [1.54, 1.807) is 0 Å². The first kappa shape index (κ1) is 22.5. The SMILES string of the molecule is CCCCN1C(=S)N[C@H](c2ccccn2)[C@H]1c1cc(C)n(-c2c(C)cccc2CC)c1C. The van der Waals surface area contributed by atoms with E-state index in [9.17, 15) is 0 Å². The average molecular weight is 447 g/mol. The third-order valence-corrected chi connectivity index (χ3v) is 7.02. The van der Waals surface area contributed by atoms with Gasteiger partial charge in [0, 0.05) is 24.1 Å². The predicted molar refractivity (Wildman–Crippen MR) is 136 cm³/mol. The summed E-state index contributed by atoms with van der Waals surface area (Å²) in [7, 11) is 0. The van der Waals surface area contributed by atoms with Gasteiger partial charge in [0.25, 0.3) is 0 Å². The quantitative estimate of drug-likeness (QED) is 0.442. The molecule has 32 heavy (non-hydrogen) atoms. The lowest BCUT2D eigenvalue weighted by Gasteiger charge is -2.28. The van der Waals surface area contributed by atoms with Crippen LogP contribution in [0, 0.1) is 20.8 Å². The summed E-state index contributed by atoms with van der Waals surface area (Å²) in [6, 6.07) is 15.3. The fourth-order valence-electron chi connectivity index (χ4n) is 5.07. The van der Waals surface area contributed by atoms with Crippen molar-refractivity contribution < 1.29 is 0 Å². The molecule has 0 radical (unpaired) electrons. The zero-order valence-corrected chi connectivity index (χ0v) is 20.7. The van der Waals surface area contributed by atoms with Crippen molar-refractivity contribution in [3.63, 3.8) is 0 Å². The summed E-state index contributed by atoms with van der Waals surface area (Å²) < 4.78 is 2.44. The third kappa shape index (κ3) is 3.95. The molecule has 0 aliphatic carbocycles. The van der Waals surface area contributed by atoms with Crippen LogP contribution in [0.5, 0.6) is 0 Å². The van der Waals surface area contributed by atoms with Gasteiger partial charge in [0.15, 0.2) is 5.11 Å². The monoisotopic (exact) mass is 446 g/mol. The zero-order chi connectivity index (χ0) is 22.8. The van der Waals surface area contributed by atoms with Gasteiger partial charge in [0.05, 0.1) is 23.5 Å². The van der Waals surface area contributed by atoms with Gasteiger partial charge in [0.2, 0.25) is 0 Å². The van der Waals surface area contributed by atoms with Gasteiger partial charge in [-0.15, -0.1) is 0 Å². The number of pyridine rings is 1. The van der Waals surface area contributed by atoms with Gasteiger partial charge < -0.3 is 14.8 Å². The van der Waals surface area contributed by atoms with Crippen molar-refractivity contribution in [1.29, 1.82) is 0 Å². The van der Waals surface area contributed by atoms with Crippen LogP contribution in [0.25, 0.3) is 5.69 Å². The number of thiocarbonyl (C=S) groups is 1. The van der Waals surface area contributed by atoms with Gasteiger partial charge >= 0.3 is 0 Å². The van der Waals surface area contributed by atoms with Crippen molar-refractivity contribution in [2.75, 3.05) is 6.54 Å². The topological polar surface area (TPSA) is 33.1 Å². The minimum atomic E-state index is 0.0389. The lowest BCUT2D eigenvalue weighted by molar-refractivity contribution is 0.312. The van der Waals surface area contributed by atoms with Crippen LogP contribution >= 0.6 is 12.2 Å². The summed E-state index contributed by atoms with van der Waals surface area (Å²) in [6.45, 7) is 12.1. The highest BCUT2D eigenvalue weighted by atomic mass is 32.1. The number of rotatable bonds is 7. The van der Waals surface area contributed by atoms with Gasteiger partial charge in [-0.25, -0.2) is 0 Å². The minimum Gasteiger partial charge on any atom is -0.352 e. The van der Waals surface area contributed by atoms with Crippen molar-refractivity contribution in [2.45, 2.75) is 66.0 Å². The Labute approximate surface area is 197 Å². The lowest BCUT2D eigenvalue weighted by atomic mass is 9.96. The lowest BCUT2D eigenvalue weighted by Crippen LogP contribution is -2.30. The van der Waals surface area contributed by atoms with E-state index in [1.807, 2.05) is 12.3 Å². The van der Waals surface area contributed by atoms with Crippen molar-refractivity contribution in [3.05, 3.63) is 82.4 Å². The van der Waals surface area contributed by atoms with E-state index in [4.69, 9.17) is 12.2 Å². The molecule has 3 heterocycles. The molecule has 1 aliphatic rings. The Morgan fingerprint density at radius 1 is 1.06 bits per heavy atom. The van der Waals surface area contributed by atoms with E-state index in [2.05, 4.69) is 90.8 Å². The highest BCUT2D eigenvalue weighted by molar-refractivity contribution is 7.80. The minimum absolute atomic E-state index is 0.0389. The van der Waals surface area contributed by atoms with E-state index in [-0.39, 0.29) is 12.1 Å². The van der Waals surface area contributed by atoms with Gasteiger partial charge in [-0.1, -0.05) is 44.5 Å². The van der Waals surface area contributed by atoms with Crippen LogP contribution in [-0.2, 0) is 6.42 Å². The summed E-state index contributed by atoms with van der Waals surface area (Å²) in [6.07, 6.45) is 5.14. The number of nitrogens with zero attached hydrogens (tertiary/aromatic N) is 3. The maximum atomic E-state index is 5.82. The molecule has 0 amide bonds. The van der Waals surface area contributed by atoms with Crippen LogP contribution in [0.3, 0.4) is 0 Å². The number of benzene rings is 1. The number of nitrogens with one attached hydrogen (secondary N) is 1. The first-order chi connectivity index (χ1) is 15.5. The van der Waals surface area contributed by atoms with Gasteiger partial charge in [-0.2, -0.15) is 0 Å². The molecule has 1 aromatic carbocycles. The van der Waals surface area contributed by atoms with Crippen LogP contribution in [0.15, 0.2) is 48.7 Å². The highest BCUT2D eigenvalue weighted by Crippen LogP contribution is 2.42. The fraction of sp³-hybridized carbons (Fsp3) is 0.407. The number of hydrogen-bond donors (Lipinski definition) is 1. The van der Waals surface area contributed by atoms with Crippen molar-refractivity contribution in [1.82, 2.24) is 19.8 Å². The molecule has 0 spiro atoms.